The van der Waals surface area contributed by atoms with Gasteiger partial charge in [0.15, 0.2) is 0 Å². The summed E-state index contributed by atoms with van der Waals surface area (Å²) in [4.78, 5) is 0. The Kier molecular flexibility index (Phi) is 12.3. The SMILES string of the molecule is CCCCCCCCCC(CC)O[CH]C(C)O. The molecule has 0 aliphatic heterocycles. The Labute approximate surface area is 108 Å². The van der Waals surface area contributed by atoms with Crippen LogP contribution in [0.2, 0.25) is 0 Å². The number of hydrogen-bond acceptors (Lipinski definition) is 2. The quantitative estimate of drug-likeness (QED) is 0.513. The highest BCUT2D eigenvalue weighted by atomic mass is 16.5. The summed E-state index contributed by atoms with van der Waals surface area (Å²) in [5.41, 5.74) is 0. The van der Waals surface area contributed by atoms with Gasteiger partial charge in [0.1, 0.15) is 6.61 Å². The van der Waals surface area contributed by atoms with E-state index in [1.54, 1.807) is 13.5 Å². The molecule has 17 heavy (non-hydrogen) atoms. The summed E-state index contributed by atoms with van der Waals surface area (Å²) < 4.78 is 5.52. The van der Waals surface area contributed by atoms with Crippen molar-refractivity contribution in [1.82, 2.24) is 0 Å². The van der Waals surface area contributed by atoms with Gasteiger partial charge in [-0.15, -0.1) is 0 Å². The maximum absolute atomic E-state index is 9.11. The summed E-state index contributed by atoms with van der Waals surface area (Å²) in [7, 11) is 0. The lowest BCUT2D eigenvalue weighted by atomic mass is 10.1. The molecule has 0 aliphatic rings. The number of hydrogen-bond donors (Lipinski definition) is 1. The van der Waals surface area contributed by atoms with Gasteiger partial charge in [0.25, 0.3) is 0 Å². The number of ether oxygens (including phenoxy) is 1. The molecule has 0 aliphatic carbocycles. The minimum Gasteiger partial charge on any atom is -0.391 e. The summed E-state index contributed by atoms with van der Waals surface area (Å²) in [6, 6.07) is 0. The van der Waals surface area contributed by atoms with E-state index in [9.17, 15) is 0 Å². The maximum atomic E-state index is 9.11. The van der Waals surface area contributed by atoms with E-state index in [1.165, 1.54) is 44.9 Å². The fourth-order valence-electron chi connectivity index (χ4n) is 1.92. The highest BCUT2D eigenvalue weighted by Crippen LogP contribution is 2.14. The zero-order chi connectivity index (χ0) is 12.9. The molecule has 2 unspecified atom stereocenters. The molecule has 0 fully saturated rings. The summed E-state index contributed by atoms with van der Waals surface area (Å²) in [6.45, 7) is 7.67. The minimum absolute atomic E-state index is 0.292. The predicted molar refractivity (Wildman–Crippen MR) is 73.8 cm³/mol. The Hall–Kier alpha value is -0.0800. The van der Waals surface area contributed by atoms with Crippen molar-refractivity contribution in [3.63, 3.8) is 0 Å². The van der Waals surface area contributed by atoms with Gasteiger partial charge in [-0.2, -0.15) is 0 Å². The summed E-state index contributed by atoms with van der Waals surface area (Å²) in [6.07, 6.45) is 11.4. The van der Waals surface area contributed by atoms with Gasteiger partial charge in [-0.1, -0.05) is 58.8 Å². The largest absolute Gasteiger partial charge is 0.391 e. The third-order valence-electron chi connectivity index (χ3n) is 3.05. The Bertz CT molecular complexity index is 146. The molecule has 0 aromatic carbocycles. The van der Waals surface area contributed by atoms with E-state index in [4.69, 9.17) is 9.84 Å². The van der Waals surface area contributed by atoms with E-state index in [0.29, 0.717) is 6.10 Å². The van der Waals surface area contributed by atoms with Crippen molar-refractivity contribution in [1.29, 1.82) is 0 Å². The number of rotatable bonds is 12. The molecule has 0 aromatic rings. The zero-order valence-electron chi connectivity index (χ0n) is 12.0. The number of unbranched alkanes of at least 4 members (excludes halogenated alkanes) is 6. The molecule has 0 rings (SSSR count). The van der Waals surface area contributed by atoms with E-state index in [2.05, 4.69) is 13.8 Å². The minimum atomic E-state index is -0.460. The van der Waals surface area contributed by atoms with Gasteiger partial charge < -0.3 is 9.84 Å². The molecule has 0 amide bonds. The Morgan fingerprint density at radius 1 is 1.00 bits per heavy atom. The van der Waals surface area contributed by atoms with Crippen LogP contribution < -0.4 is 0 Å². The van der Waals surface area contributed by atoms with Crippen LogP contribution in [0.1, 0.15) is 78.6 Å². The smallest absolute Gasteiger partial charge is 0.112 e. The Balaban J connectivity index is 3.31. The van der Waals surface area contributed by atoms with E-state index in [-0.39, 0.29) is 0 Å². The first-order chi connectivity index (χ1) is 8.20. The van der Waals surface area contributed by atoms with E-state index >= 15 is 0 Å². The molecule has 2 heteroatoms. The van der Waals surface area contributed by atoms with E-state index in [1.807, 2.05) is 0 Å². The molecule has 0 spiro atoms. The van der Waals surface area contributed by atoms with Crippen LogP contribution in [-0.2, 0) is 4.74 Å². The van der Waals surface area contributed by atoms with Gasteiger partial charge in [-0.3, -0.25) is 0 Å². The van der Waals surface area contributed by atoms with Crippen molar-refractivity contribution in [3.05, 3.63) is 6.61 Å². The van der Waals surface area contributed by atoms with Crippen LogP contribution in [-0.4, -0.2) is 17.3 Å². The van der Waals surface area contributed by atoms with Gasteiger partial charge in [0, 0.05) is 0 Å². The van der Waals surface area contributed by atoms with Gasteiger partial charge in [0.05, 0.1) is 12.2 Å². The molecule has 0 heterocycles. The van der Waals surface area contributed by atoms with Crippen LogP contribution in [0.15, 0.2) is 0 Å². The first kappa shape index (κ1) is 16.9. The van der Waals surface area contributed by atoms with Crippen molar-refractivity contribution >= 4 is 0 Å². The van der Waals surface area contributed by atoms with Crippen molar-refractivity contribution in [3.8, 4) is 0 Å². The van der Waals surface area contributed by atoms with Crippen molar-refractivity contribution < 1.29 is 9.84 Å². The lowest BCUT2D eigenvalue weighted by Crippen LogP contribution is -2.14. The maximum Gasteiger partial charge on any atom is 0.112 e. The molecule has 0 saturated heterocycles. The Morgan fingerprint density at radius 2 is 1.59 bits per heavy atom. The second kappa shape index (κ2) is 12.4. The second-order valence-corrected chi connectivity index (χ2v) is 4.95. The van der Waals surface area contributed by atoms with Crippen LogP contribution in [0.4, 0.5) is 0 Å². The van der Waals surface area contributed by atoms with Crippen molar-refractivity contribution in [2.75, 3.05) is 0 Å². The average Bonchev–Trinajstić information content (AvgIpc) is 2.31. The zero-order valence-corrected chi connectivity index (χ0v) is 12.0. The highest BCUT2D eigenvalue weighted by Gasteiger charge is 2.08. The predicted octanol–water partition coefficient (Wildman–Crippen LogP) is 4.46. The van der Waals surface area contributed by atoms with Crippen LogP contribution >= 0.6 is 0 Å². The number of aliphatic hydroxyl groups excluding tert-OH is 1. The molecule has 2 nitrogen and oxygen atoms in total. The third kappa shape index (κ3) is 12.2. The topological polar surface area (TPSA) is 29.5 Å². The molecule has 1 radical (unpaired) electrons. The lowest BCUT2D eigenvalue weighted by Gasteiger charge is -2.16. The van der Waals surface area contributed by atoms with Gasteiger partial charge in [-0.05, 0) is 19.8 Å². The summed E-state index contributed by atoms with van der Waals surface area (Å²) in [5, 5.41) is 9.11. The first-order valence-corrected chi connectivity index (χ1v) is 7.37. The lowest BCUT2D eigenvalue weighted by molar-refractivity contribution is 0.0416. The Morgan fingerprint density at radius 3 is 2.12 bits per heavy atom. The fraction of sp³-hybridized carbons (Fsp3) is 0.933. The standard InChI is InChI=1S/C15H31O2/c1-4-6-7-8-9-10-11-12-15(5-2)17-13-14(3)16/h13-16H,4-12H2,1-3H3. The van der Waals surface area contributed by atoms with Gasteiger partial charge in [0.2, 0.25) is 0 Å². The van der Waals surface area contributed by atoms with Crippen molar-refractivity contribution in [2.45, 2.75) is 90.8 Å². The third-order valence-corrected chi connectivity index (χ3v) is 3.05. The van der Waals surface area contributed by atoms with Crippen molar-refractivity contribution in [2.24, 2.45) is 0 Å². The van der Waals surface area contributed by atoms with Gasteiger partial charge >= 0.3 is 0 Å². The molecule has 1 N–H and O–H groups in total. The average molecular weight is 243 g/mol. The van der Waals surface area contributed by atoms with Gasteiger partial charge in [-0.25, -0.2) is 0 Å². The molecule has 0 aromatic heterocycles. The summed E-state index contributed by atoms with van der Waals surface area (Å²) in [5.74, 6) is 0. The highest BCUT2D eigenvalue weighted by molar-refractivity contribution is 4.64. The molecular formula is C15H31O2. The fourth-order valence-corrected chi connectivity index (χ4v) is 1.92. The molecule has 2 atom stereocenters. The van der Waals surface area contributed by atoms with Crippen LogP contribution in [0, 0.1) is 6.61 Å². The van der Waals surface area contributed by atoms with Crippen LogP contribution in [0.5, 0.6) is 0 Å². The van der Waals surface area contributed by atoms with Crippen LogP contribution in [0.3, 0.4) is 0 Å². The van der Waals surface area contributed by atoms with Crippen LogP contribution in [0.25, 0.3) is 0 Å². The van der Waals surface area contributed by atoms with E-state index in [0.717, 1.165) is 12.8 Å². The first-order valence-electron chi connectivity index (χ1n) is 7.37. The molecular weight excluding hydrogens is 212 g/mol. The second-order valence-electron chi connectivity index (χ2n) is 4.95. The van der Waals surface area contributed by atoms with E-state index < -0.39 is 6.10 Å². The molecule has 0 bridgehead atoms. The summed E-state index contributed by atoms with van der Waals surface area (Å²) >= 11 is 0. The molecule has 0 saturated carbocycles. The molecule has 103 valence electrons. The normalized spacial score (nSPS) is 14.8. The monoisotopic (exact) mass is 243 g/mol. The number of aliphatic hydroxyl groups is 1.